The average molecular weight is 229 g/mol. The highest BCUT2D eigenvalue weighted by molar-refractivity contribution is 6.30. The van der Waals surface area contributed by atoms with Gasteiger partial charge in [-0.15, -0.1) is 0 Å². The molecule has 1 N–H and O–H groups in total. The molecule has 2 aromatic carbocycles. The number of H-pyrrole nitrogens is 1. The van der Waals surface area contributed by atoms with Gasteiger partial charge in [0.1, 0.15) is 0 Å². The van der Waals surface area contributed by atoms with Crippen molar-refractivity contribution in [2.24, 2.45) is 0 Å². The Kier molecular flexibility index (Phi) is 2.15. The van der Waals surface area contributed by atoms with Gasteiger partial charge >= 0.3 is 0 Å². The number of hydrogen-bond donors (Lipinski definition) is 1. The fourth-order valence-corrected chi connectivity index (χ4v) is 1.88. The minimum absolute atomic E-state index is 0.756. The zero-order chi connectivity index (χ0) is 11.0. The Labute approximate surface area is 97.9 Å². The van der Waals surface area contributed by atoms with E-state index in [1.165, 1.54) is 0 Å². The summed E-state index contributed by atoms with van der Waals surface area (Å²) in [5.74, 6) is 0. The first-order valence-corrected chi connectivity index (χ1v) is 5.40. The van der Waals surface area contributed by atoms with Crippen molar-refractivity contribution in [1.29, 1.82) is 0 Å². The van der Waals surface area contributed by atoms with Crippen LogP contribution in [0.25, 0.3) is 22.0 Å². The summed E-state index contributed by atoms with van der Waals surface area (Å²) >= 11 is 5.86. The van der Waals surface area contributed by atoms with Gasteiger partial charge in [0.05, 0.1) is 11.7 Å². The highest BCUT2D eigenvalue weighted by atomic mass is 35.5. The van der Waals surface area contributed by atoms with E-state index in [1.54, 1.807) is 0 Å². The maximum Gasteiger partial charge on any atom is 0.0656 e. The van der Waals surface area contributed by atoms with E-state index in [-0.39, 0.29) is 0 Å². The molecule has 0 fully saturated rings. The number of rotatable bonds is 1. The summed E-state index contributed by atoms with van der Waals surface area (Å²) in [5.41, 5.74) is 3.36. The van der Waals surface area contributed by atoms with Crippen LogP contribution in [-0.4, -0.2) is 10.2 Å². The summed E-state index contributed by atoms with van der Waals surface area (Å²) < 4.78 is 0. The number of nitrogens with one attached hydrogen (secondary N) is 1. The van der Waals surface area contributed by atoms with E-state index in [2.05, 4.69) is 28.4 Å². The quantitative estimate of drug-likeness (QED) is 0.673. The molecular formula is C13H9ClN2. The number of aromatic nitrogens is 2. The summed E-state index contributed by atoms with van der Waals surface area (Å²) in [5, 5.41) is 8.85. The molecule has 0 unspecified atom stereocenters. The second-order valence-electron chi connectivity index (χ2n) is 3.68. The molecule has 0 atom stereocenters. The van der Waals surface area contributed by atoms with Crippen LogP contribution in [0.15, 0.2) is 48.7 Å². The lowest BCUT2D eigenvalue weighted by atomic mass is 10.0. The van der Waals surface area contributed by atoms with Crippen LogP contribution in [0.3, 0.4) is 0 Å². The Bertz CT molecular complexity index is 626. The van der Waals surface area contributed by atoms with Gasteiger partial charge in [-0.1, -0.05) is 35.9 Å². The van der Waals surface area contributed by atoms with Crippen LogP contribution in [-0.2, 0) is 0 Å². The molecule has 1 heterocycles. The van der Waals surface area contributed by atoms with Gasteiger partial charge in [0.15, 0.2) is 0 Å². The number of aromatic amines is 1. The van der Waals surface area contributed by atoms with E-state index in [9.17, 15) is 0 Å². The van der Waals surface area contributed by atoms with Crippen LogP contribution in [0.2, 0.25) is 5.02 Å². The summed E-state index contributed by atoms with van der Waals surface area (Å²) in [7, 11) is 0. The Morgan fingerprint density at radius 1 is 0.938 bits per heavy atom. The molecule has 3 heteroatoms. The first-order valence-electron chi connectivity index (χ1n) is 5.02. The molecule has 3 rings (SSSR count). The van der Waals surface area contributed by atoms with Crippen LogP contribution in [0, 0.1) is 0 Å². The third kappa shape index (κ3) is 1.57. The number of hydrogen-bond acceptors (Lipinski definition) is 1. The Hall–Kier alpha value is -1.80. The van der Waals surface area contributed by atoms with Gasteiger partial charge in [-0.2, -0.15) is 5.10 Å². The molecule has 0 saturated heterocycles. The fourth-order valence-electron chi connectivity index (χ4n) is 1.76. The van der Waals surface area contributed by atoms with Gasteiger partial charge in [0.25, 0.3) is 0 Å². The smallest absolute Gasteiger partial charge is 0.0656 e. The Morgan fingerprint density at radius 2 is 1.69 bits per heavy atom. The van der Waals surface area contributed by atoms with Crippen molar-refractivity contribution in [1.82, 2.24) is 10.2 Å². The molecule has 0 saturated carbocycles. The van der Waals surface area contributed by atoms with Gasteiger partial charge in [-0.05, 0) is 29.3 Å². The lowest BCUT2D eigenvalue weighted by Gasteiger charge is -2.01. The van der Waals surface area contributed by atoms with E-state index in [4.69, 9.17) is 11.6 Å². The highest BCUT2D eigenvalue weighted by Gasteiger charge is 2.00. The van der Waals surface area contributed by atoms with Crippen molar-refractivity contribution in [3.05, 3.63) is 53.7 Å². The second kappa shape index (κ2) is 3.65. The van der Waals surface area contributed by atoms with Gasteiger partial charge in [0, 0.05) is 10.4 Å². The maximum atomic E-state index is 5.86. The molecular weight excluding hydrogens is 220 g/mol. The molecule has 2 nitrogen and oxygen atoms in total. The fraction of sp³-hybridized carbons (Fsp3) is 0. The molecule has 0 bridgehead atoms. The van der Waals surface area contributed by atoms with E-state index < -0.39 is 0 Å². The monoisotopic (exact) mass is 228 g/mol. The van der Waals surface area contributed by atoms with Crippen molar-refractivity contribution in [2.45, 2.75) is 0 Å². The Morgan fingerprint density at radius 3 is 2.50 bits per heavy atom. The second-order valence-corrected chi connectivity index (χ2v) is 4.12. The van der Waals surface area contributed by atoms with Gasteiger partial charge in [-0.3, -0.25) is 5.10 Å². The zero-order valence-corrected chi connectivity index (χ0v) is 9.20. The molecule has 0 spiro atoms. The average Bonchev–Trinajstić information content (AvgIpc) is 2.77. The van der Waals surface area contributed by atoms with Gasteiger partial charge in [0.2, 0.25) is 0 Å². The number of halogens is 1. The summed E-state index contributed by atoms with van der Waals surface area (Å²) in [6.45, 7) is 0. The third-order valence-electron chi connectivity index (χ3n) is 2.62. The lowest BCUT2D eigenvalue weighted by molar-refractivity contribution is 1.12. The van der Waals surface area contributed by atoms with E-state index in [1.807, 2.05) is 30.5 Å². The van der Waals surface area contributed by atoms with Crippen LogP contribution in [0.5, 0.6) is 0 Å². The summed E-state index contributed by atoms with van der Waals surface area (Å²) in [4.78, 5) is 0. The predicted octanol–water partition coefficient (Wildman–Crippen LogP) is 3.88. The maximum absolute atomic E-state index is 5.86. The molecule has 0 aliphatic heterocycles. The molecule has 0 amide bonds. The van der Waals surface area contributed by atoms with Gasteiger partial charge < -0.3 is 0 Å². The van der Waals surface area contributed by atoms with E-state index in [0.717, 1.165) is 27.1 Å². The third-order valence-corrected chi connectivity index (χ3v) is 2.87. The zero-order valence-electron chi connectivity index (χ0n) is 8.44. The minimum Gasteiger partial charge on any atom is -0.278 e. The van der Waals surface area contributed by atoms with E-state index in [0.29, 0.717) is 0 Å². The normalized spacial score (nSPS) is 10.8. The molecule has 1 aromatic heterocycles. The van der Waals surface area contributed by atoms with Crippen LogP contribution < -0.4 is 0 Å². The lowest BCUT2D eigenvalue weighted by Crippen LogP contribution is -1.77. The number of nitrogens with zero attached hydrogens (tertiary/aromatic N) is 1. The molecule has 78 valence electrons. The summed E-state index contributed by atoms with van der Waals surface area (Å²) in [6, 6.07) is 14.1. The molecule has 0 aliphatic carbocycles. The highest BCUT2D eigenvalue weighted by Crippen LogP contribution is 2.24. The van der Waals surface area contributed by atoms with E-state index >= 15 is 0 Å². The summed E-state index contributed by atoms with van der Waals surface area (Å²) in [6.07, 6.45) is 1.82. The first-order chi connectivity index (χ1) is 7.83. The SMILES string of the molecule is Clc1ccc(-c2ccc3cn[nH]c3c2)cc1. The van der Waals surface area contributed by atoms with Crippen molar-refractivity contribution in [2.75, 3.05) is 0 Å². The molecule has 0 radical (unpaired) electrons. The van der Waals surface area contributed by atoms with Gasteiger partial charge in [-0.25, -0.2) is 0 Å². The first kappa shape index (κ1) is 9.43. The number of fused-ring (bicyclic) bond motifs is 1. The molecule has 16 heavy (non-hydrogen) atoms. The van der Waals surface area contributed by atoms with Crippen LogP contribution >= 0.6 is 11.6 Å². The molecule has 0 aliphatic rings. The van der Waals surface area contributed by atoms with Crippen LogP contribution in [0.4, 0.5) is 0 Å². The predicted molar refractivity (Wildman–Crippen MR) is 66.5 cm³/mol. The standard InChI is InChI=1S/C13H9ClN2/c14-12-5-3-9(4-6-12)10-1-2-11-8-15-16-13(11)7-10/h1-8H,(H,15,16). The van der Waals surface area contributed by atoms with Crippen molar-refractivity contribution in [3.63, 3.8) is 0 Å². The van der Waals surface area contributed by atoms with Crippen molar-refractivity contribution < 1.29 is 0 Å². The van der Waals surface area contributed by atoms with Crippen molar-refractivity contribution >= 4 is 22.5 Å². The largest absolute Gasteiger partial charge is 0.278 e. The Balaban J connectivity index is 2.14. The number of benzene rings is 2. The topological polar surface area (TPSA) is 28.7 Å². The molecule has 3 aromatic rings. The minimum atomic E-state index is 0.756. The van der Waals surface area contributed by atoms with Crippen molar-refractivity contribution in [3.8, 4) is 11.1 Å². The van der Waals surface area contributed by atoms with Crippen LogP contribution in [0.1, 0.15) is 0 Å².